The highest BCUT2D eigenvalue weighted by molar-refractivity contribution is 6.35. The molecule has 4 aromatic rings. The molecule has 0 aliphatic carbocycles. The van der Waals surface area contributed by atoms with Gasteiger partial charge in [0.1, 0.15) is 11.3 Å². The third kappa shape index (κ3) is 3.91. The number of nitrogens with one attached hydrogen (secondary N) is 1. The van der Waals surface area contributed by atoms with Crippen molar-refractivity contribution in [1.29, 1.82) is 0 Å². The lowest BCUT2D eigenvalue weighted by molar-refractivity contribution is -0.139. The van der Waals surface area contributed by atoms with Gasteiger partial charge in [-0.3, -0.25) is 9.89 Å². The predicted octanol–water partition coefficient (Wildman–Crippen LogP) is 4.17. The summed E-state index contributed by atoms with van der Waals surface area (Å²) >= 11 is 6.92. The lowest BCUT2D eigenvalue weighted by atomic mass is 9.72. The fraction of sp³-hybridized carbons (Fsp3) is 0.400. The second-order valence-electron chi connectivity index (χ2n) is 12.1. The molecular weight excluding hydrogens is 543 g/mol. The number of carbonyl (C=O) groups excluding carboxylic acids is 1. The van der Waals surface area contributed by atoms with Crippen molar-refractivity contribution >= 4 is 51.1 Å². The van der Waals surface area contributed by atoms with Gasteiger partial charge >= 0.3 is 0 Å². The molecule has 0 saturated carbocycles. The summed E-state index contributed by atoms with van der Waals surface area (Å²) in [6.07, 6.45) is 1.36. The zero-order chi connectivity index (χ0) is 28.8. The molecule has 2 aromatic carbocycles. The van der Waals surface area contributed by atoms with Crippen LogP contribution in [0.2, 0.25) is 5.02 Å². The maximum absolute atomic E-state index is 16.8. The minimum absolute atomic E-state index is 0.0245. The number of likely N-dealkylation sites (N-methyl/N-ethyl adjacent to an activating group) is 1. The minimum atomic E-state index is -0.458. The number of likely N-dealkylation sites (tertiary alicyclic amines) is 1. The van der Waals surface area contributed by atoms with Crippen molar-refractivity contribution in [2.45, 2.75) is 19.9 Å². The molecule has 7 rings (SSSR count). The van der Waals surface area contributed by atoms with Crippen LogP contribution in [0.25, 0.3) is 32.9 Å². The topological polar surface area (TPSA) is 84.5 Å². The Morgan fingerprint density at radius 2 is 1.88 bits per heavy atom. The van der Waals surface area contributed by atoms with E-state index in [4.69, 9.17) is 21.6 Å². The van der Waals surface area contributed by atoms with E-state index in [2.05, 4.69) is 45.6 Å². The van der Waals surface area contributed by atoms with E-state index in [1.165, 1.54) is 6.08 Å². The van der Waals surface area contributed by atoms with Gasteiger partial charge in [0, 0.05) is 78.3 Å². The summed E-state index contributed by atoms with van der Waals surface area (Å²) in [5.41, 5.74) is 3.85. The number of carbonyl (C=O) groups is 1. The molecule has 5 heterocycles. The lowest BCUT2D eigenvalue weighted by Crippen LogP contribution is -2.73. The molecule has 11 heteroatoms. The molecule has 1 spiro atoms. The number of benzene rings is 2. The normalized spacial score (nSPS) is 18.3. The van der Waals surface area contributed by atoms with Crippen LogP contribution in [0.15, 0.2) is 30.9 Å². The molecule has 1 N–H and O–H groups in total. The first kappa shape index (κ1) is 26.2. The van der Waals surface area contributed by atoms with Crippen molar-refractivity contribution in [3.63, 3.8) is 0 Å². The van der Waals surface area contributed by atoms with E-state index in [1.54, 1.807) is 11.0 Å². The van der Waals surface area contributed by atoms with Crippen LogP contribution >= 0.6 is 11.6 Å². The lowest BCUT2D eigenvalue weighted by Gasteiger charge is -2.60. The van der Waals surface area contributed by atoms with Gasteiger partial charge in [0.15, 0.2) is 5.82 Å². The SMILES string of the molecule is C=CC(=O)N1CC2(C1)CN(c1nc(N3CC(N(C)C)C3)nc3c(F)c(-c4c(C)ccc5n[nH]c(C)c45)c(Cl)cc13)C2. The first-order valence-corrected chi connectivity index (χ1v) is 14.2. The summed E-state index contributed by atoms with van der Waals surface area (Å²) in [6.45, 7) is 11.9. The number of aromatic nitrogens is 4. The van der Waals surface area contributed by atoms with Crippen molar-refractivity contribution in [3.8, 4) is 11.1 Å². The zero-order valence-electron chi connectivity index (χ0n) is 23.6. The highest BCUT2D eigenvalue weighted by atomic mass is 35.5. The molecule has 3 fully saturated rings. The molecule has 1 amide bonds. The molecule has 0 atom stereocenters. The number of nitrogens with zero attached hydrogens (tertiary/aromatic N) is 7. The van der Waals surface area contributed by atoms with E-state index in [0.29, 0.717) is 46.9 Å². The van der Waals surface area contributed by atoms with Gasteiger partial charge in [-0.1, -0.05) is 24.2 Å². The summed E-state index contributed by atoms with van der Waals surface area (Å²) in [7, 11) is 4.11. The summed E-state index contributed by atoms with van der Waals surface area (Å²) in [5, 5.41) is 9.16. The molecule has 212 valence electrons. The van der Waals surface area contributed by atoms with E-state index in [9.17, 15) is 4.79 Å². The van der Waals surface area contributed by atoms with Crippen molar-refractivity contribution in [3.05, 3.63) is 53.0 Å². The van der Waals surface area contributed by atoms with E-state index >= 15 is 4.39 Å². The minimum Gasteiger partial charge on any atom is -0.354 e. The summed E-state index contributed by atoms with van der Waals surface area (Å²) < 4.78 is 16.8. The molecule has 3 aliphatic rings. The molecular formula is C30H32ClFN8O. The van der Waals surface area contributed by atoms with Crippen LogP contribution in [0.4, 0.5) is 16.2 Å². The fourth-order valence-electron chi connectivity index (χ4n) is 6.58. The van der Waals surface area contributed by atoms with Gasteiger partial charge in [-0.05, 0) is 51.7 Å². The molecule has 0 unspecified atom stereocenters. The molecule has 0 radical (unpaired) electrons. The summed E-state index contributed by atoms with van der Waals surface area (Å²) in [4.78, 5) is 30.0. The van der Waals surface area contributed by atoms with Gasteiger partial charge in [-0.2, -0.15) is 10.1 Å². The fourth-order valence-corrected chi connectivity index (χ4v) is 6.86. The number of hydrogen-bond donors (Lipinski definition) is 1. The number of aryl methyl sites for hydroxylation is 2. The number of aromatic amines is 1. The summed E-state index contributed by atoms with van der Waals surface area (Å²) in [5.74, 6) is 0.695. The van der Waals surface area contributed by atoms with Gasteiger partial charge in [0.25, 0.3) is 0 Å². The van der Waals surface area contributed by atoms with E-state index < -0.39 is 5.82 Å². The number of amides is 1. The molecule has 3 saturated heterocycles. The quantitative estimate of drug-likeness (QED) is 0.358. The monoisotopic (exact) mass is 574 g/mol. The number of hydrogen-bond acceptors (Lipinski definition) is 7. The predicted molar refractivity (Wildman–Crippen MR) is 160 cm³/mol. The maximum Gasteiger partial charge on any atom is 0.245 e. The van der Waals surface area contributed by atoms with Crippen molar-refractivity contribution in [2.24, 2.45) is 5.41 Å². The van der Waals surface area contributed by atoms with Gasteiger partial charge in [0.2, 0.25) is 11.9 Å². The molecule has 0 bridgehead atoms. The number of H-pyrrole nitrogens is 1. The van der Waals surface area contributed by atoms with Crippen LogP contribution in [0, 0.1) is 25.1 Å². The Labute approximate surface area is 242 Å². The molecule has 9 nitrogen and oxygen atoms in total. The Kier molecular flexibility index (Phi) is 5.82. The third-order valence-corrected chi connectivity index (χ3v) is 9.28. The molecule has 41 heavy (non-hydrogen) atoms. The zero-order valence-corrected chi connectivity index (χ0v) is 24.4. The van der Waals surface area contributed by atoms with E-state index in [-0.39, 0.29) is 16.8 Å². The van der Waals surface area contributed by atoms with E-state index in [0.717, 1.165) is 53.9 Å². The van der Waals surface area contributed by atoms with Crippen molar-refractivity contribution in [2.75, 3.05) is 63.2 Å². The van der Waals surface area contributed by atoms with Crippen LogP contribution in [0.5, 0.6) is 0 Å². The van der Waals surface area contributed by atoms with Crippen molar-refractivity contribution < 1.29 is 9.18 Å². The van der Waals surface area contributed by atoms with Crippen LogP contribution < -0.4 is 9.80 Å². The van der Waals surface area contributed by atoms with Gasteiger partial charge in [-0.25, -0.2) is 9.37 Å². The van der Waals surface area contributed by atoms with Gasteiger partial charge < -0.3 is 19.6 Å². The van der Waals surface area contributed by atoms with Crippen LogP contribution in [0.1, 0.15) is 11.3 Å². The first-order chi connectivity index (χ1) is 19.6. The Morgan fingerprint density at radius 3 is 2.56 bits per heavy atom. The Morgan fingerprint density at radius 1 is 1.15 bits per heavy atom. The van der Waals surface area contributed by atoms with Gasteiger partial charge in [0.05, 0.1) is 10.5 Å². The highest BCUT2D eigenvalue weighted by Gasteiger charge is 2.53. The van der Waals surface area contributed by atoms with Crippen LogP contribution in [-0.4, -0.2) is 95.3 Å². The molecule has 3 aliphatic heterocycles. The Bertz CT molecular complexity index is 1750. The number of anilines is 2. The van der Waals surface area contributed by atoms with Crippen LogP contribution in [0.3, 0.4) is 0 Å². The number of fused-ring (bicyclic) bond motifs is 2. The number of rotatable bonds is 5. The Balaban J connectivity index is 1.34. The number of halogens is 2. The van der Waals surface area contributed by atoms with E-state index in [1.807, 2.05) is 26.0 Å². The average Bonchev–Trinajstić information content (AvgIpc) is 3.23. The first-order valence-electron chi connectivity index (χ1n) is 13.8. The smallest absolute Gasteiger partial charge is 0.245 e. The highest BCUT2D eigenvalue weighted by Crippen LogP contribution is 2.46. The maximum atomic E-state index is 16.8. The average molecular weight is 575 g/mol. The molecule has 2 aromatic heterocycles. The van der Waals surface area contributed by atoms with Gasteiger partial charge in [-0.15, -0.1) is 0 Å². The van der Waals surface area contributed by atoms with Crippen molar-refractivity contribution in [1.82, 2.24) is 30.0 Å². The van der Waals surface area contributed by atoms with Crippen LogP contribution in [-0.2, 0) is 4.79 Å². The third-order valence-electron chi connectivity index (χ3n) is 8.98. The largest absolute Gasteiger partial charge is 0.354 e. The Hall–Kier alpha value is -3.76. The summed E-state index contributed by atoms with van der Waals surface area (Å²) in [6, 6.07) is 6.07. The second kappa shape index (κ2) is 9.12. The second-order valence-corrected chi connectivity index (χ2v) is 12.5. The standard InChI is InChI=1S/C30H32ClFN8O/c1-6-22(41)39-12-30(13-39)14-40(15-30)28-19-9-20(31)25(23-16(2)7-8-21-24(23)17(3)35-36-21)26(32)27(19)33-29(34-28)38-10-18(11-38)37(4)5/h6-9,18H,1,10-15H2,2-5H3,(H,35,36).